The zero-order chi connectivity index (χ0) is 19.2. The van der Waals surface area contributed by atoms with Crippen LogP contribution in [-0.4, -0.2) is 45.9 Å². The van der Waals surface area contributed by atoms with Crippen molar-refractivity contribution in [3.63, 3.8) is 0 Å². The molecule has 0 radical (unpaired) electrons. The van der Waals surface area contributed by atoms with Crippen molar-refractivity contribution < 1.29 is 4.74 Å². The van der Waals surface area contributed by atoms with Gasteiger partial charge in [0.25, 0.3) is 0 Å². The van der Waals surface area contributed by atoms with Gasteiger partial charge in [-0.25, -0.2) is 9.67 Å². The summed E-state index contributed by atoms with van der Waals surface area (Å²) in [5.41, 5.74) is 3.63. The molecular weight excluding hydrogens is 350 g/mol. The number of aromatic nitrogens is 3. The number of benzene rings is 2. The smallest absolute Gasteiger partial charge is 0.137 e. The Bertz CT molecular complexity index is 866. The summed E-state index contributed by atoms with van der Waals surface area (Å²) >= 11 is 0. The van der Waals surface area contributed by atoms with Crippen molar-refractivity contribution in [2.24, 2.45) is 0 Å². The van der Waals surface area contributed by atoms with Gasteiger partial charge in [0.05, 0.1) is 13.7 Å². The van der Waals surface area contributed by atoms with Gasteiger partial charge in [0, 0.05) is 30.4 Å². The van der Waals surface area contributed by atoms with Crippen LogP contribution in [-0.2, 0) is 13.1 Å². The van der Waals surface area contributed by atoms with E-state index in [2.05, 4.69) is 68.8 Å². The van der Waals surface area contributed by atoms with E-state index in [9.17, 15) is 0 Å². The molecule has 2 heterocycles. The van der Waals surface area contributed by atoms with Crippen molar-refractivity contribution in [2.75, 3.05) is 25.5 Å². The first-order chi connectivity index (χ1) is 13.8. The first kappa shape index (κ1) is 18.5. The van der Waals surface area contributed by atoms with Crippen molar-refractivity contribution in [2.45, 2.75) is 32.0 Å². The second kappa shape index (κ2) is 8.89. The Hall–Kier alpha value is -2.86. The minimum atomic E-state index is 0.490. The van der Waals surface area contributed by atoms with Crippen molar-refractivity contribution in [1.82, 2.24) is 19.7 Å². The number of nitrogens with one attached hydrogen (secondary N) is 1. The summed E-state index contributed by atoms with van der Waals surface area (Å²) in [5, 5.41) is 7.89. The first-order valence-electron chi connectivity index (χ1n) is 9.82. The van der Waals surface area contributed by atoms with Crippen molar-refractivity contribution in [1.29, 1.82) is 0 Å². The highest BCUT2D eigenvalue weighted by atomic mass is 16.5. The molecule has 0 saturated carbocycles. The number of anilines is 1. The summed E-state index contributed by atoms with van der Waals surface area (Å²) in [4.78, 5) is 6.56. The second-order valence-corrected chi connectivity index (χ2v) is 7.32. The minimum Gasteiger partial charge on any atom is -0.496 e. The maximum absolute atomic E-state index is 5.54. The Morgan fingerprint density at radius 1 is 1.14 bits per heavy atom. The summed E-state index contributed by atoms with van der Waals surface area (Å²) in [6.07, 6.45) is 5.72. The molecule has 0 aliphatic carbocycles. The van der Waals surface area contributed by atoms with Crippen LogP contribution in [0.5, 0.6) is 5.75 Å². The lowest BCUT2D eigenvalue weighted by atomic mass is 10.0. The molecule has 1 aromatic heterocycles. The molecular formula is C22H27N5O. The molecule has 1 aliphatic heterocycles. The lowest BCUT2D eigenvalue weighted by Gasteiger charge is -2.33. The van der Waals surface area contributed by atoms with Gasteiger partial charge in [0.15, 0.2) is 0 Å². The third-order valence-corrected chi connectivity index (χ3v) is 5.20. The number of piperidine rings is 1. The van der Waals surface area contributed by atoms with Crippen molar-refractivity contribution in [3.05, 3.63) is 72.3 Å². The fraction of sp³-hybridized carbons (Fsp3) is 0.364. The molecule has 0 amide bonds. The van der Waals surface area contributed by atoms with E-state index >= 15 is 0 Å². The Kier molecular flexibility index (Phi) is 5.87. The number of hydrogen-bond acceptors (Lipinski definition) is 5. The summed E-state index contributed by atoms with van der Waals surface area (Å²) in [6.45, 7) is 3.80. The van der Waals surface area contributed by atoms with Gasteiger partial charge >= 0.3 is 0 Å². The summed E-state index contributed by atoms with van der Waals surface area (Å²) in [5.74, 6) is 0.890. The Morgan fingerprint density at radius 2 is 2.04 bits per heavy atom. The molecule has 6 heteroatoms. The highest BCUT2D eigenvalue weighted by Crippen LogP contribution is 2.23. The summed E-state index contributed by atoms with van der Waals surface area (Å²) < 4.78 is 7.36. The van der Waals surface area contributed by atoms with Gasteiger partial charge in [-0.15, -0.1) is 0 Å². The molecule has 28 heavy (non-hydrogen) atoms. The third-order valence-electron chi connectivity index (χ3n) is 5.20. The number of methoxy groups -OCH3 is 1. The van der Waals surface area contributed by atoms with Crippen LogP contribution in [0.15, 0.2) is 61.2 Å². The lowest BCUT2D eigenvalue weighted by molar-refractivity contribution is 0.208. The number of likely N-dealkylation sites (tertiary alicyclic amines) is 1. The second-order valence-electron chi connectivity index (χ2n) is 7.32. The molecule has 2 aromatic carbocycles. The molecule has 3 aromatic rings. The number of ether oxygens (including phenoxy) is 1. The monoisotopic (exact) mass is 377 g/mol. The number of nitrogens with zero attached hydrogens (tertiary/aromatic N) is 4. The van der Waals surface area contributed by atoms with Crippen LogP contribution in [0.4, 0.5) is 5.69 Å². The molecule has 4 rings (SSSR count). The quantitative estimate of drug-likeness (QED) is 0.684. The zero-order valence-electron chi connectivity index (χ0n) is 16.3. The van der Waals surface area contributed by atoms with Gasteiger partial charge in [-0.2, -0.15) is 5.10 Å². The van der Waals surface area contributed by atoms with E-state index < -0.39 is 0 Å². The van der Waals surface area contributed by atoms with Crippen LogP contribution in [0.3, 0.4) is 0 Å². The van der Waals surface area contributed by atoms with Gasteiger partial charge in [0.2, 0.25) is 0 Å². The minimum absolute atomic E-state index is 0.490. The predicted octanol–water partition coefficient (Wildman–Crippen LogP) is 3.41. The molecule has 146 valence electrons. The molecule has 0 bridgehead atoms. The van der Waals surface area contributed by atoms with E-state index in [1.807, 2.05) is 4.68 Å². The number of hydrogen-bond donors (Lipinski definition) is 1. The number of rotatable bonds is 7. The van der Waals surface area contributed by atoms with E-state index in [1.165, 1.54) is 24.1 Å². The molecule has 1 atom stereocenters. The van der Waals surface area contributed by atoms with Gasteiger partial charge < -0.3 is 10.1 Å². The molecule has 0 spiro atoms. The Labute approximate surface area is 166 Å². The summed E-state index contributed by atoms with van der Waals surface area (Å²) in [7, 11) is 1.71. The molecule has 1 fully saturated rings. The Balaban J connectivity index is 1.41. The fourth-order valence-electron chi connectivity index (χ4n) is 3.89. The lowest BCUT2D eigenvalue weighted by Crippen LogP contribution is -2.41. The Morgan fingerprint density at radius 3 is 2.82 bits per heavy atom. The van der Waals surface area contributed by atoms with E-state index in [1.54, 1.807) is 19.8 Å². The predicted molar refractivity (Wildman–Crippen MR) is 110 cm³/mol. The van der Waals surface area contributed by atoms with E-state index in [0.717, 1.165) is 30.9 Å². The normalized spacial score (nSPS) is 17.4. The highest BCUT2D eigenvalue weighted by Gasteiger charge is 2.20. The largest absolute Gasteiger partial charge is 0.496 e. The van der Waals surface area contributed by atoms with Crippen LogP contribution < -0.4 is 10.1 Å². The van der Waals surface area contributed by atoms with Crippen LogP contribution in [0, 0.1) is 0 Å². The first-order valence-corrected chi connectivity index (χ1v) is 9.82. The molecule has 6 nitrogen and oxygen atoms in total. The standard InChI is InChI=1S/C22H27N5O/c1-28-22-10-9-18(12-19(22)14-27-17-23-16-24-27)13-26-11-5-8-21(15-26)25-20-6-3-2-4-7-20/h2-4,6-7,9-10,12,16-17,21,25H,5,8,11,13-15H2,1H3/t21-/m0/s1. The van der Waals surface area contributed by atoms with Crippen molar-refractivity contribution >= 4 is 5.69 Å². The molecule has 1 aliphatic rings. The van der Waals surface area contributed by atoms with Crippen LogP contribution in [0.25, 0.3) is 0 Å². The summed E-state index contributed by atoms with van der Waals surface area (Å²) in [6, 6.07) is 17.4. The van der Waals surface area contributed by atoms with Gasteiger partial charge in [-0.3, -0.25) is 4.90 Å². The highest BCUT2D eigenvalue weighted by molar-refractivity contribution is 5.43. The van der Waals surface area contributed by atoms with Gasteiger partial charge in [0.1, 0.15) is 18.4 Å². The molecule has 1 N–H and O–H groups in total. The van der Waals surface area contributed by atoms with Crippen LogP contribution >= 0.6 is 0 Å². The van der Waals surface area contributed by atoms with Crippen LogP contribution in [0.2, 0.25) is 0 Å². The van der Waals surface area contributed by atoms with E-state index in [0.29, 0.717) is 12.6 Å². The van der Waals surface area contributed by atoms with E-state index in [4.69, 9.17) is 4.74 Å². The third kappa shape index (κ3) is 4.70. The average Bonchev–Trinajstić information content (AvgIpc) is 3.22. The van der Waals surface area contributed by atoms with Crippen molar-refractivity contribution in [3.8, 4) is 5.75 Å². The fourth-order valence-corrected chi connectivity index (χ4v) is 3.89. The topological polar surface area (TPSA) is 55.2 Å². The van der Waals surface area contributed by atoms with E-state index in [-0.39, 0.29) is 0 Å². The van der Waals surface area contributed by atoms with Gasteiger partial charge in [-0.05, 0) is 49.2 Å². The van der Waals surface area contributed by atoms with Gasteiger partial charge in [-0.1, -0.05) is 24.3 Å². The van der Waals surface area contributed by atoms with Crippen LogP contribution in [0.1, 0.15) is 24.0 Å². The molecule has 0 unspecified atom stereocenters. The number of para-hydroxylation sites is 1. The maximum Gasteiger partial charge on any atom is 0.137 e. The average molecular weight is 377 g/mol. The zero-order valence-corrected chi connectivity index (χ0v) is 16.3. The molecule has 1 saturated heterocycles. The SMILES string of the molecule is COc1ccc(CN2CCC[C@H](Nc3ccccc3)C2)cc1Cn1cncn1. The maximum atomic E-state index is 5.54.